The zero-order chi connectivity index (χ0) is 14.0. The standard InChI is InChI=1S/C12H8BrFN4O/c1-18-11(7(5-15)6-16-18)17-12(19)9-3-2-8(14)4-10(9)13/h2-4,6H,1H3,(H,17,19). The molecule has 1 aromatic heterocycles. The number of carbonyl (C=O) groups is 1. The van der Waals surface area contributed by atoms with Gasteiger partial charge in [0, 0.05) is 11.5 Å². The normalized spacial score (nSPS) is 10.0. The molecule has 0 atom stereocenters. The molecule has 0 bridgehead atoms. The van der Waals surface area contributed by atoms with Crippen LogP contribution in [0.3, 0.4) is 0 Å². The van der Waals surface area contributed by atoms with E-state index in [0.717, 1.165) is 0 Å². The van der Waals surface area contributed by atoms with Crippen LogP contribution in [0, 0.1) is 17.1 Å². The van der Waals surface area contributed by atoms with Crippen molar-refractivity contribution in [2.24, 2.45) is 7.05 Å². The minimum Gasteiger partial charge on any atom is -0.306 e. The Bertz CT molecular complexity index is 690. The van der Waals surface area contributed by atoms with Gasteiger partial charge in [0.2, 0.25) is 0 Å². The monoisotopic (exact) mass is 322 g/mol. The lowest BCUT2D eigenvalue weighted by Gasteiger charge is -2.07. The third-order valence-electron chi connectivity index (χ3n) is 2.47. The molecule has 0 aliphatic heterocycles. The quantitative estimate of drug-likeness (QED) is 0.923. The van der Waals surface area contributed by atoms with E-state index in [0.29, 0.717) is 10.3 Å². The fraction of sp³-hybridized carbons (Fsp3) is 0.0833. The average molecular weight is 323 g/mol. The molecule has 1 amide bonds. The maximum Gasteiger partial charge on any atom is 0.257 e. The lowest BCUT2D eigenvalue weighted by atomic mass is 10.2. The van der Waals surface area contributed by atoms with Crippen molar-refractivity contribution in [2.45, 2.75) is 0 Å². The molecule has 0 spiro atoms. The highest BCUT2D eigenvalue weighted by Crippen LogP contribution is 2.20. The predicted molar refractivity (Wildman–Crippen MR) is 70.0 cm³/mol. The summed E-state index contributed by atoms with van der Waals surface area (Å²) >= 11 is 3.12. The van der Waals surface area contributed by atoms with Crippen molar-refractivity contribution in [2.75, 3.05) is 5.32 Å². The van der Waals surface area contributed by atoms with Gasteiger partial charge in [0.05, 0.1) is 11.8 Å². The first-order chi connectivity index (χ1) is 9.02. The van der Waals surface area contributed by atoms with E-state index in [4.69, 9.17) is 5.26 Å². The van der Waals surface area contributed by atoms with Gasteiger partial charge in [-0.2, -0.15) is 10.4 Å². The number of aromatic nitrogens is 2. The van der Waals surface area contributed by atoms with Crippen LogP contribution in [0.2, 0.25) is 0 Å². The molecule has 0 radical (unpaired) electrons. The van der Waals surface area contributed by atoms with Crippen LogP contribution in [-0.2, 0) is 7.05 Å². The largest absolute Gasteiger partial charge is 0.306 e. The first kappa shape index (κ1) is 13.2. The van der Waals surface area contributed by atoms with E-state index in [9.17, 15) is 9.18 Å². The molecule has 2 rings (SSSR count). The summed E-state index contributed by atoms with van der Waals surface area (Å²) in [4.78, 5) is 12.1. The number of hydrogen-bond donors (Lipinski definition) is 1. The predicted octanol–water partition coefficient (Wildman–Crippen LogP) is 2.45. The maximum absolute atomic E-state index is 13.0. The fourth-order valence-corrected chi connectivity index (χ4v) is 2.05. The highest BCUT2D eigenvalue weighted by molar-refractivity contribution is 9.10. The van der Waals surface area contributed by atoms with Crippen molar-refractivity contribution in [1.82, 2.24) is 9.78 Å². The van der Waals surface area contributed by atoms with Gasteiger partial charge < -0.3 is 5.32 Å². The molecule has 19 heavy (non-hydrogen) atoms. The molecule has 0 aliphatic carbocycles. The van der Waals surface area contributed by atoms with Gasteiger partial charge in [-0.3, -0.25) is 9.48 Å². The third-order valence-corrected chi connectivity index (χ3v) is 3.12. The summed E-state index contributed by atoms with van der Waals surface area (Å²) < 4.78 is 14.7. The average Bonchev–Trinajstić information content (AvgIpc) is 2.70. The van der Waals surface area contributed by atoms with Crippen molar-refractivity contribution in [1.29, 1.82) is 5.26 Å². The minimum absolute atomic E-state index is 0.258. The summed E-state index contributed by atoms with van der Waals surface area (Å²) in [5.74, 6) is -0.600. The number of nitrogens with zero attached hydrogens (tertiary/aromatic N) is 3. The highest BCUT2D eigenvalue weighted by Gasteiger charge is 2.15. The summed E-state index contributed by atoms with van der Waals surface area (Å²) in [5.41, 5.74) is 0.528. The van der Waals surface area contributed by atoms with E-state index in [1.165, 1.54) is 29.1 Å². The molecule has 0 unspecified atom stereocenters. The zero-order valence-electron chi connectivity index (χ0n) is 9.82. The van der Waals surface area contributed by atoms with E-state index in [2.05, 4.69) is 26.3 Å². The van der Waals surface area contributed by atoms with Gasteiger partial charge in [-0.05, 0) is 34.1 Å². The van der Waals surface area contributed by atoms with E-state index < -0.39 is 11.7 Å². The minimum atomic E-state index is -0.452. The van der Waals surface area contributed by atoms with Crippen molar-refractivity contribution in [3.05, 3.63) is 45.8 Å². The molecule has 0 aliphatic rings. The highest BCUT2D eigenvalue weighted by atomic mass is 79.9. The Kier molecular flexibility index (Phi) is 3.62. The van der Waals surface area contributed by atoms with Gasteiger partial charge in [0.1, 0.15) is 23.3 Å². The Morgan fingerprint density at radius 1 is 1.58 bits per heavy atom. The number of nitriles is 1. The number of anilines is 1. The molecular weight excluding hydrogens is 315 g/mol. The second-order valence-electron chi connectivity index (χ2n) is 3.72. The van der Waals surface area contributed by atoms with Crippen molar-refractivity contribution in [3.63, 3.8) is 0 Å². The molecule has 5 nitrogen and oxygen atoms in total. The summed E-state index contributed by atoms with van der Waals surface area (Å²) in [6, 6.07) is 5.67. The molecule has 1 aromatic carbocycles. The van der Waals surface area contributed by atoms with E-state index in [1.807, 2.05) is 6.07 Å². The Morgan fingerprint density at radius 2 is 2.32 bits per heavy atom. The number of rotatable bonds is 2. The number of nitrogens with one attached hydrogen (secondary N) is 1. The number of amides is 1. The molecular formula is C12H8BrFN4O. The van der Waals surface area contributed by atoms with Crippen LogP contribution in [0.15, 0.2) is 28.9 Å². The summed E-state index contributed by atoms with van der Waals surface area (Å²) in [5, 5.41) is 15.3. The molecule has 96 valence electrons. The van der Waals surface area contributed by atoms with Crippen LogP contribution in [-0.4, -0.2) is 15.7 Å². The number of halogens is 2. The first-order valence-electron chi connectivity index (χ1n) is 5.21. The van der Waals surface area contributed by atoms with Crippen molar-refractivity contribution < 1.29 is 9.18 Å². The topological polar surface area (TPSA) is 70.7 Å². The Balaban J connectivity index is 2.31. The van der Waals surface area contributed by atoms with Crippen LogP contribution < -0.4 is 5.32 Å². The maximum atomic E-state index is 13.0. The molecule has 1 N–H and O–H groups in total. The Morgan fingerprint density at radius 3 is 2.95 bits per heavy atom. The first-order valence-corrected chi connectivity index (χ1v) is 6.00. The van der Waals surface area contributed by atoms with Gasteiger partial charge in [-0.1, -0.05) is 0 Å². The summed E-state index contributed by atoms with van der Waals surface area (Å²) in [6.07, 6.45) is 1.36. The third kappa shape index (κ3) is 2.63. The molecule has 1 heterocycles. The van der Waals surface area contributed by atoms with Gasteiger partial charge in [0.15, 0.2) is 0 Å². The van der Waals surface area contributed by atoms with Crippen molar-refractivity contribution in [3.8, 4) is 6.07 Å². The lowest BCUT2D eigenvalue weighted by Crippen LogP contribution is -2.16. The van der Waals surface area contributed by atoms with Crippen molar-refractivity contribution >= 4 is 27.7 Å². The lowest BCUT2D eigenvalue weighted by molar-refractivity contribution is 0.102. The summed E-state index contributed by atoms with van der Waals surface area (Å²) in [7, 11) is 1.61. The number of carbonyl (C=O) groups excluding carboxylic acids is 1. The Labute approximate surface area is 116 Å². The second-order valence-corrected chi connectivity index (χ2v) is 4.57. The molecule has 0 saturated heterocycles. The summed E-state index contributed by atoms with van der Waals surface area (Å²) in [6.45, 7) is 0. The zero-order valence-corrected chi connectivity index (χ0v) is 11.4. The fourth-order valence-electron chi connectivity index (χ4n) is 1.52. The molecule has 7 heteroatoms. The van der Waals surface area contributed by atoms with E-state index in [1.54, 1.807) is 7.05 Å². The second kappa shape index (κ2) is 5.20. The van der Waals surface area contributed by atoms with Crippen LogP contribution in [0.25, 0.3) is 0 Å². The van der Waals surface area contributed by atoms with Gasteiger partial charge in [0.25, 0.3) is 5.91 Å². The van der Waals surface area contributed by atoms with Crippen LogP contribution in [0.5, 0.6) is 0 Å². The van der Waals surface area contributed by atoms with Gasteiger partial charge in [-0.25, -0.2) is 4.39 Å². The molecule has 2 aromatic rings. The van der Waals surface area contributed by atoms with Crippen LogP contribution in [0.1, 0.15) is 15.9 Å². The number of benzene rings is 1. The van der Waals surface area contributed by atoms with Gasteiger partial charge >= 0.3 is 0 Å². The van der Waals surface area contributed by atoms with Crippen LogP contribution >= 0.6 is 15.9 Å². The Hall–Kier alpha value is -2.20. The number of aryl methyl sites for hydroxylation is 1. The van der Waals surface area contributed by atoms with Gasteiger partial charge in [-0.15, -0.1) is 0 Å². The smallest absolute Gasteiger partial charge is 0.257 e. The number of hydrogen-bond acceptors (Lipinski definition) is 3. The SMILES string of the molecule is Cn1ncc(C#N)c1NC(=O)c1ccc(F)cc1Br. The molecule has 0 saturated carbocycles. The van der Waals surface area contributed by atoms with E-state index >= 15 is 0 Å². The molecule has 0 fully saturated rings. The van der Waals surface area contributed by atoms with E-state index in [-0.39, 0.29) is 11.1 Å². The van der Waals surface area contributed by atoms with Crippen LogP contribution in [0.4, 0.5) is 10.2 Å².